The van der Waals surface area contributed by atoms with Crippen molar-refractivity contribution in [1.29, 1.82) is 10.5 Å². The number of rotatable bonds is 2. The van der Waals surface area contributed by atoms with Crippen LogP contribution in [0.2, 0.25) is 0 Å². The summed E-state index contributed by atoms with van der Waals surface area (Å²) in [5.74, 6) is -0.795. The molecular weight excluding hydrogens is 481 g/mol. The van der Waals surface area contributed by atoms with Gasteiger partial charge in [-0.05, 0) is 52.1 Å². The molecule has 184 valence electrons. The van der Waals surface area contributed by atoms with Crippen molar-refractivity contribution in [1.82, 2.24) is 4.57 Å². The molecular formula is C35H22FN3. The molecule has 1 aromatic heterocycles. The summed E-state index contributed by atoms with van der Waals surface area (Å²) in [5, 5.41) is 22.1. The van der Waals surface area contributed by atoms with E-state index in [1.165, 1.54) is 22.3 Å². The highest BCUT2D eigenvalue weighted by Gasteiger charge is 2.36. The van der Waals surface area contributed by atoms with Gasteiger partial charge in [-0.3, -0.25) is 0 Å². The molecule has 0 spiro atoms. The van der Waals surface area contributed by atoms with Crippen LogP contribution in [-0.4, -0.2) is 4.57 Å². The number of para-hydroxylation sites is 1. The van der Waals surface area contributed by atoms with Crippen molar-refractivity contribution in [2.75, 3.05) is 0 Å². The van der Waals surface area contributed by atoms with Crippen LogP contribution in [0, 0.1) is 28.5 Å². The minimum absolute atomic E-state index is 0.125. The molecule has 0 aliphatic heterocycles. The van der Waals surface area contributed by atoms with Crippen molar-refractivity contribution >= 4 is 21.8 Å². The third-order valence-electron chi connectivity index (χ3n) is 8.17. The molecule has 0 saturated carbocycles. The summed E-state index contributed by atoms with van der Waals surface area (Å²) in [6.07, 6.45) is 0. The van der Waals surface area contributed by atoms with Gasteiger partial charge in [0.2, 0.25) is 0 Å². The summed E-state index contributed by atoms with van der Waals surface area (Å²) in [5.41, 5.74) is 7.79. The van der Waals surface area contributed by atoms with E-state index in [0.29, 0.717) is 11.3 Å². The summed E-state index contributed by atoms with van der Waals surface area (Å²) >= 11 is 0. The zero-order valence-electron chi connectivity index (χ0n) is 21.5. The van der Waals surface area contributed by atoms with E-state index in [4.69, 9.17) is 0 Å². The number of fused-ring (bicyclic) bond motifs is 6. The van der Waals surface area contributed by atoms with Gasteiger partial charge in [-0.1, -0.05) is 86.6 Å². The number of hydrogen-bond acceptors (Lipinski definition) is 2. The van der Waals surface area contributed by atoms with Gasteiger partial charge < -0.3 is 4.57 Å². The van der Waals surface area contributed by atoms with E-state index in [0.717, 1.165) is 27.4 Å². The van der Waals surface area contributed by atoms with Gasteiger partial charge in [-0.15, -0.1) is 0 Å². The van der Waals surface area contributed by atoms with E-state index < -0.39 is 5.82 Å². The van der Waals surface area contributed by atoms with E-state index in [-0.39, 0.29) is 16.5 Å². The van der Waals surface area contributed by atoms with Crippen LogP contribution in [0.3, 0.4) is 0 Å². The van der Waals surface area contributed by atoms with Crippen LogP contribution < -0.4 is 0 Å². The normalized spacial score (nSPS) is 13.2. The molecule has 0 atom stereocenters. The van der Waals surface area contributed by atoms with Gasteiger partial charge in [0.25, 0.3) is 0 Å². The Hall–Kier alpha value is -5.19. The maximum absolute atomic E-state index is 15.9. The summed E-state index contributed by atoms with van der Waals surface area (Å²) in [6.45, 7) is 4.46. The first kappa shape index (κ1) is 23.0. The number of benzene rings is 5. The summed E-state index contributed by atoms with van der Waals surface area (Å²) in [6, 6.07) is 36.1. The van der Waals surface area contributed by atoms with Crippen molar-refractivity contribution in [3.05, 3.63) is 125 Å². The van der Waals surface area contributed by atoms with Crippen LogP contribution >= 0.6 is 0 Å². The highest BCUT2D eigenvalue weighted by atomic mass is 19.1. The molecule has 3 nitrogen and oxygen atoms in total. The number of halogens is 1. The quantitative estimate of drug-likeness (QED) is 0.237. The fraction of sp³-hybridized carbons (Fsp3) is 0.0857. The van der Waals surface area contributed by atoms with Gasteiger partial charge in [0.1, 0.15) is 17.7 Å². The third kappa shape index (κ3) is 3.06. The van der Waals surface area contributed by atoms with Gasteiger partial charge in [-0.25, -0.2) is 4.39 Å². The van der Waals surface area contributed by atoms with Crippen LogP contribution in [-0.2, 0) is 5.41 Å². The summed E-state index contributed by atoms with van der Waals surface area (Å²) < 4.78 is 17.9. The highest BCUT2D eigenvalue weighted by molar-refractivity contribution is 6.12. The van der Waals surface area contributed by atoms with Crippen LogP contribution in [0.4, 0.5) is 4.39 Å². The molecule has 1 heterocycles. The van der Waals surface area contributed by atoms with Gasteiger partial charge in [-0.2, -0.15) is 10.5 Å². The smallest absolute Gasteiger partial charge is 0.161 e. The molecule has 0 amide bonds. The molecule has 7 rings (SSSR count). The van der Waals surface area contributed by atoms with Crippen LogP contribution in [0.5, 0.6) is 0 Å². The van der Waals surface area contributed by atoms with E-state index in [2.05, 4.69) is 62.4 Å². The Labute approximate surface area is 225 Å². The second-order valence-electron chi connectivity index (χ2n) is 10.5. The number of nitriles is 2. The second-order valence-corrected chi connectivity index (χ2v) is 10.5. The first-order valence-electron chi connectivity index (χ1n) is 12.9. The molecule has 39 heavy (non-hydrogen) atoms. The minimum Gasteiger partial charge on any atom is -0.308 e. The molecule has 0 radical (unpaired) electrons. The Kier molecular flexibility index (Phi) is 4.80. The first-order chi connectivity index (χ1) is 19.0. The lowest BCUT2D eigenvalue weighted by Gasteiger charge is -2.22. The molecule has 0 saturated heterocycles. The van der Waals surface area contributed by atoms with Gasteiger partial charge in [0.05, 0.1) is 22.3 Å². The lowest BCUT2D eigenvalue weighted by molar-refractivity contribution is 0.619. The fourth-order valence-electron chi connectivity index (χ4n) is 6.30. The Morgan fingerprint density at radius 3 is 2.10 bits per heavy atom. The molecule has 5 aromatic carbocycles. The topological polar surface area (TPSA) is 52.5 Å². The lowest BCUT2D eigenvalue weighted by Crippen LogP contribution is -2.15. The predicted molar refractivity (Wildman–Crippen MR) is 153 cm³/mol. The zero-order chi connectivity index (χ0) is 26.9. The van der Waals surface area contributed by atoms with Crippen LogP contribution in [0.15, 0.2) is 97.1 Å². The Bertz CT molecular complexity index is 2070. The van der Waals surface area contributed by atoms with E-state index >= 15 is 4.39 Å². The van der Waals surface area contributed by atoms with Crippen molar-refractivity contribution in [3.8, 4) is 40.1 Å². The van der Waals surface area contributed by atoms with Crippen LogP contribution in [0.1, 0.15) is 36.1 Å². The molecule has 0 N–H and O–H groups in total. The maximum Gasteiger partial charge on any atom is 0.161 e. The predicted octanol–water partition coefficient (Wildman–Crippen LogP) is 8.64. The summed E-state index contributed by atoms with van der Waals surface area (Å²) in [7, 11) is 0. The molecule has 1 aliphatic rings. The Morgan fingerprint density at radius 1 is 0.641 bits per heavy atom. The lowest BCUT2D eigenvalue weighted by atomic mass is 9.82. The number of hydrogen-bond donors (Lipinski definition) is 0. The second kappa shape index (κ2) is 8.15. The Morgan fingerprint density at radius 2 is 1.33 bits per heavy atom. The average molecular weight is 504 g/mol. The summed E-state index contributed by atoms with van der Waals surface area (Å²) in [4.78, 5) is 0. The standard InChI is InChI=1S/C35H22FN3/c1-35(2)29-14-8-6-12-22(29)25-16-26-23-13-7-9-15-31(23)39(33(26)18-30(25)35)32-17-24(21-10-4-3-5-11-21)27(19-37)34(36)28(32)20-38/h3-18H,1-2H3. The fourth-order valence-corrected chi connectivity index (χ4v) is 6.30. The van der Waals surface area contributed by atoms with Crippen molar-refractivity contribution < 1.29 is 4.39 Å². The molecule has 0 unspecified atom stereocenters. The highest BCUT2D eigenvalue weighted by Crippen LogP contribution is 2.51. The molecule has 6 aromatic rings. The van der Waals surface area contributed by atoms with E-state index in [1.54, 1.807) is 6.07 Å². The third-order valence-corrected chi connectivity index (χ3v) is 8.17. The number of nitrogens with zero attached hydrogens (tertiary/aromatic N) is 3. The maximum atomic E-state index is 15.9. The van der Waals surface area contributed by atoms with Gasteiger partial charge in [0.15, 0.2) is 5.82 Å². The van der Waals surface area contributed by atoms with Crippen molar-refractivity contribution in [2.24, 2.45) is 0 Å². The molecule has 0 fully saturated rings. The monoisotopic (exact) mass is 503 g/mol. The SMILES string of the molecule is CC1(C)c2ccccc2-c2cc3c4ccccc4n(-c4cc(-c5ccccc5)c(C#N)c(F)c4C#N)c3cc21. The zero-order valence-corrected chi connectivity index (χ0v) is 21.5. The minimum atomic E-state index is -0.795. The molecule has 1 aliphatic carbocycles. The van der Waals surface area contributed by atoms with Crippen molar-refractivity contribution in [3.63, 3.8) is 0 Å². The number of aromatic nitrogens is 1. The van der Waals surface area contributed by atoms with Crippen LogP contribution in [0.25, 0.3) is 49.7 Å². The first-order valence-corrected chi connectivity index (χ1v) is 12.9. The largest absolute Gasteiger partial charge is 0.308 e. The Balaban J connectivity index is 1.63. The molecule has 0 bridgehead atoms. The van der Waals surface area contributed by atoms with E-state index in [9.17, 15) is 10.5 Å². The average Bonchev–Trinajstić information content (AvgIpc) is 3.40. The van der Waals surface area contributed by atoms with Gasteiger partial charge in [0, 0.05) is 21.8 Å². The van der Waals surface area contributed by atoms with Crippen molar-refractivity contribution in [2.45, 2.75) is 19.3 Å². The van der Waals surface area contributed by atoms with Gasteiger partial charge >= 0.3 is 0 Å². The molecule has 4 heteroatoms. The van der Waals surface area contributed by atoms with E-state index in [1.807, 2.05) is 59.2 Å².